The van der Waals surface area contributed by atoms with Crippen LogP contribution in [-0.2, 0) is 19.6 Å². The summed E-state index contributed by atoms with van der Waals surface area (Å²) in [5.74, 6) is 0.363. The van der Waals surface area contributed by atoms with Gasteiger partial charge in [0.05, 0.1) is 11.7 Å². The number of sulfonamides is 1. The molecule has 2 aliphatic heterocycles. The lowest BCUT2D eigenvalue weighted by atomic mass is 9.88. The maximum Gasteiger partial charge on any atom is 0.227 e. The molecule has 8 heteroatoms. The van der Waals surface area contributed by atoms with Crippen LogP contribution in [-0.4, -0.2) is 67.4 Å². The molecule has 2 heterocycles. The minimum Gasteiger partial charge on any atom is -0.353 e. The number of carbonyl (C=O) groups excluding carboxylic acids is 2. The fourth-order valence-electron chi connectivity index (χ4n) is 4.97. The molecule has 29 heavy (non-hydrogen) atoms. The Labute approximate surface area is 175 Å². The third-order valence-corrected chi connectivity index (χ3v) is 8.76. The molecule has 0 radical (unpaired) electrons. The molecule has 2 amide bonds. The van der Waals surface area contributed by atoms with Crippen LogP contribution in [0.15, 0.2) is 0 Å². The predicted molar refractivity (Wildman–Crippen MR) is 113 cm³/mol. The second kappa shape index (κ2) is 10.2. The van der Waals surface area contributed by atoms with Crippen LogP contribution in [0.1, 0.15) is 71.1 Å². The second-order valence-electron chi connectivity index (χ2n) is 8.96. The smallest absolute Gasteiger partial charge is 0.227 e. The Morgan fingerprint density at radius 3 is 2.21 bits per heavy atom. The summed E-state index contributed by atoms with van der Waals surface area (Å²) in [5.41, 5.74) is 0. The lowest BCUT2D eigenvalue weighted by Gasteiger charge is -2.38. The zero-order valence-corrected chi connectivity index (χ0v) is 18.6. The maximum atomic E-state index is 13.0. The zero-order chi connectivity index (χ0) is 20.9. The van der Waals surface area contributed by atoms with Crippen molar-refractivity contribution < 1.29 is 18.0 Å². The Balaban J connectivity index is 1.46. The van der Waals surface area contributed by atoms with E-state index < -0.39 is 10.0 Å². The fourth-order valence-corrected chi connectivity index (χ4v) is 6.56. The van der Waals surface area contributed by atoms with Crippen molar-refractivity contribution in [2.45, 2.75) is 77.2 Å². The van der Waals surface area contributed by atoms with Crippen LogP contribution in [0.5, 0.6) is 0 Å². The number of likely N-dealkylation sites (tertiary alicyclic amines) is 1. The van der Waals surface area contributed by atoms with Crippen LogP contribution in [0, 0.1) is 11.8 Å². The Bertz CT molecular complexity index is 667. The number of carbonyl (C=O) groups is 2. The molecule has 7 nitrogen and oxygen atoms in total. The molecule has 0 aromatic carbocycles. The number of nitrogens with one attached hydrogen (secondary N) is 1. The molecule has 166 valence electrons. The molecule has 1 aliphatic carbocycles. The van der Waals surface area contributed by atoms with Gasteiger partial charge in [0, 0.05) is 38.1 Å². The summed E-state index contributed by atoms with van der Waals surface area (Å²) in [4.78, 5) is 27.3. The largest absolute Gasteiger partial charge is 0.353 e. The Hall–Kier alpha value is -1.15. The lowest BCUT2D eigenvalue weighted by molar-refractivity contribution is -0.138. The van der Waals surface area contributed by atoms with Gasteiger partial charge in [-0.2, -0.15) is 0 Å². The van der Waals surface area contributed by atoms with Crippen molar-refractivity contribution in [2.75, 3.05) is 31.9 Å². The van der Waals surface area contributed by atoms with Gasteiger partial charge in [0.1, 0.15) is 0 Å². The average Bonchev–Trinajstić information content (AvgIpc) is 2.74. The van der Waals surface area contributed by atoms with Crippen molar-refractivity contribution in [1.82, 2.24) is 14.5 Å². The monoisotopic (exact) mass is 427 g/mol. The van der Waals surface area contributed by atoms with Crippen LogP contribution >= 0.6 is 0 Å². The van der Waals surface area contributed by atoms with Crippen LogP contribution in [0.25, 0.3) is 0 Å². The average molecular weight is 428 g/mol. The first-order valence-corrected chi connectivity index (χ1v) is 13.1. The first kappa shape index (κ1) is 22.5. The molecule has 3 aliphatic rings. The molecule has 0 aromatic heterocycles. The normalized spacial score (nSPS) is 25.7. The van der Waals surface area contributed by atoms with E-state index in [-0.39, 0.29) is 35.4 Å². The van der Waals surface area contributed by atoms with Gasteiger partial charge in [0.2, 0.25) is 21.8 Å². The first-order chi connectivity index (χ1) is 13.9. The van der Waals surface area contributed by atoms with Gasteiger partial charge >= 0.3 is 0 Å². The van der Waals surface area contributed by atoms with E-state index >= 15 is 0 Å². The van der Waals surface area contributed by atoms with Gasteiger partial charge in [-0.1, -0.05) is 26.2 Å². The summed E-state index contributed by atoms with van der Waals surface area (Å²) in [6.07, 6.45) is 9.21. The molecular weight excluding hydrogens is 390 g/mol. The molecule has 0 bridgehead atoms. The van der Waals surface area contributed by atoms with Gasteiger partial charge in [-0.25, -0.2) is 12.7 Å². The van der Waals surface area contributed by atoms with E-state index in [1.807, 2.05) is 11.8 Å². The highest BCUT2D eigenvalue weighted by Crippen LogP contribution is 2.26. The summed E-state index contributed by atoms with van der Waals surface area (Å²) in [7, 11) is -3.25. The molecule has 1 unspecified atom stereocenters. The summed E-state index contributed by atoms with van der Waals surface area (Å²) in [6, 6.07) is 0.154. The molecular formula is C21H37N3O4S. The van der Waals surface area contributed by atoms with E-state index in [9.17, 15) is 18.0 Å². The summed E-state index contributed by atoms with van der Waals surface area (Å²) < 4.78 is 26.2. The summed E-state index contributed by atoms with van der Waals surface area (Å²) >= 11 is 0. The molecule has 2 saturated heterocycles. The van der Waals surface area contributed by atoms with E-state index in [4.69, 9.17) is 0 Å². The number of nitrogens with zero attached hydrogens (tertiary/aromatic N) is 2. The Morgan fingerprint density at radius 1 is 0.897 bits per heavy atom. The highest BCUT2D eigenvalue weighted by atomic mass is 32.2. The van der Waals surface area contributed by atoms with E-state index in [1.54, 1.807) is 0 Å². The lowest BCUT2D eigenvalue weighted by Crippen LogP contribution is -2.51. The predicted octanol–water partition coefficient (Wildman–Crippen LogP) is 2.13. The first-order valence-electron chi connectivity index (χ1n) is 11.5. The number of piperidine rings is 2. The third kappa shape index (κ3) is 5.94. The van der Waals surface area contributed by atoms with Crippen molar-refractivity contribution in [3.05, 3.63) is 0 Å². The number of rotatable bonds is 6. The van der Waals surface area contributed by atoms with Crippen LogP contribution in [0.4, 0.5) is 0 Å². The molecule has 1 saturated carbocycles. The van der Waals surface area contributed by atoms with E-state index in [1.165, 1.54) is 10.7 Å². The fraction of sp³-hybridized carbons (Fsp3) is 0.905. The molecule has 1 N–H and O–H groups in total. The molecule has 3 fully saturated rings. The second-order valence-corrected chi connectivity index (χ2v) is 11.0. The van der Waals surface area contributed by atoms with Crippen molar-refractivity contribution >= 4 is 21.8 Å². The highest BCUT2D eigenvalue weighted by Gasteiger charge is 2.35. The summed E-state index contributed by atoms with van der Waals surface area (Å²) in [6.45, 7) is 4.00. The molecule has 1 atom stereocenters. The highest BCUT2D eigenvalue weighted by molar-refractivity contribution is 7.89. The SMILES string of the molecule is CCCS(=O)(=O)N1CCCC(C(=O)N2CCC(NC(=O)C3CCCCC3)CC2)C1. The van der Waals surface area contributed by atoms with Crippen LogP contribution < -0.4 is 5.32 Å². The third-order valence-electron chi connectivity index (χ3n) is 6.72. The number of hydrogen-bond donors (Lipinski definition) is 1. The van der Waals surface area contributed by atoms with Gasteiger partial charge < -0.3 is 10.2 Å². The van der Waals surface area contributed by atoms with Crippen molar-refractivity contribution in [2.24, 2.45) is 11.8 Å². The van der Waals surface area contributed by atoms with E-state index in [0.29, 0.717) is 32.6 Å². The minimum absolute atomic E-state index is 0.0819. The Morgan fingerprint density at radius 2 is 1.55 bits per heavy atom. The topological polar surface area (TPSA) is 86.8 Å². The Kier molecular flexibility index (Phi) is 7.96. The molecule has 3 rings (SSSR count). The molecule has 0 aromatic rings. The number of hydrogen-bond acceptors (Lipinski definition) is 4. The maximum absolute atomic E-state index is 13.0. The van der Waals surface area contributed by atoms with E-state index in [0.717, 1.165) is 51.4 Å². The van der Waals surface area contributed by atoms with Crippen molar-refractivity contribution in [1.29, 1.82) is 0 Å². The summed E-state index contributed by atoms with van der Waals surface area (Å²) in [5, 5.41) is 3.20. The standard InChI is InChI=1S/C21H37N3O4S/c1-2-15-29(27,28)24-12-6-9-18(16-24)21(26)23-13-10-19(11-14-23)22-20(25)17-7-4-3-5-8-17/h17-19H,2-16H2,1H3,(H,22,25). The van der Waals surface area contributed by atoms with Crippen LogP contribution in [0.3, 0.4) is 0 Å². The van der Waals surface area contributed by atoms with Gasteiger partial charge in [-0.15, -0.1) is 0 Å². The van der Waals surface area contributed by atoms with Gasteiger partial charge in [0.25, 0.3) is 0 Å². The zero-order valence-electron chi connectivity index (χ0n) is 17.8. The van der Waals surface area contributed by atoms with Gasteiger partial charge in [0.15, 0.2) is 0 Å². The quantitative estimate of drug-likeness (QED) is 0.703. The van der Waals surface area contributed by atoms with E-state index in [2.05, 4.69) is 5.32 Å². The van der Waals surface area contributed by atoms with Gasteiger partial charge in [-0.3, -0.25) is 9.59 Å². The van der Waals surface area contributed by atoms with Crippen LogP contribution in [0.2, 0.25) is 0 Å². The van der Waals surface area contributed by atoms with Crippen molar-refractivity contribution in [3.63, 3.8) is 0 Å². The number of amides is 2. The van der Waals surface area contributed by atoms with Gasteiger partial charge in [-0.05, 0) is 44.9 Å². The molecule has 0 spiro atoms. The minimum atomic E-state index is -3.25. The van der Waals surface area contributed by atoms with Crippen molar-refractivity contribution in [3.8, 4) is 0 Å².